The minimum absolute atomic E-state index is 0.698. The number of nitrogens with zero attached hydrogens (tertiary/aromatic N) is 2. The highest BCUT2D eigenvalue weighted by atomic mass is 32.1. The van der Waals surface area contributed by atoms with Crippen LogP contribution in [0.4, 0.5) is 5.00 Å². The van der Waals surface area contributed by atoms with Gasteiger partial charge in [0.25, 0.3) is 0 Å². The molecule has 1 unspecified atom stereocenters. The van der Waals surface area contributed by atoms with E-state index >= 15 is 0 Å². The summed E-state index contributed by atoms with van der Waals surface area (Å²) in [6, 6.07) is 2.21. The van der Waals surface area contributed by atoms with Crippen LogP contribution < -0.4 is 5.32 Å². The summed E-state index contributed by atoms with van der Waals surface area (Å²) in [4.78, 5) is 0. The minimum Gasteiger partial charge on any atom is -0.374 e. The van der Waals surface area contributed by atoms with Crippen LogP contribution in [0, 0.1) is 24.2 Å². The van der Waals surface area contributed by atoms with Gasteiger partial charge in [0, 0.05) is 6.54 Å². The average Bonchev–Trinajstić information content (AvgIpc) is 2.70. The molecule has 94 valence electrons. The number of hydrogen-bond donors (Lipinski definition) is 1. The second-order valence-electron chi connectivity index (χ2n) is 4.38. The normalized spacial score (nSPS) is 12.1. The van der Waals surface area contributed by atoms with Gasteiger partial charge in [-0.25, -0.2) is 0 Å². The van der Waals surface area contributed by atoms with Crippen LogP contribution >= 0.6 is 11.5 Å². The summed E-state index contributed by atoms with van der Waals surface area (Å²) >= 11 is 1.39. The van der Waals surface area contributed by atoms with E-state index in [-0.39, 0.29) is 0 Å². The smallest absolute Gasteiger partial charge is 0.127 e. The van der Waals surface area contributed by atoms with Gasteiger partial charge in [0.2, 0.25) is 0 Å². The Bertz CT molecular complexity index is 379. The number of unbranched alkanes of at least 4 members (excludes halogenated alkanes) is 1. The van der Waals surface area contributed by atoms with Crippen LogP contribution in [0.15, 0.2) is 0 Å². The molecule has 0 aliphatic carbocycles. The van der Waals surface area contributed by atoms with Gasteiger partial charge in [0.15, 0.2) is 0 Å². The number of anilines is 1. The van der Waals surface area contributed by atoms with Crippen LogP contribution in [0.25, 0.3) is 0 Å². The van der Waals surface area contributed by atoms with E-state index in [0.717, 1.165) is 17.2 Å². The molecule has 4 heteroatoms. The lowest BCUT2D eigenvalue weighted by atomic mass is 9.99. The lowest BCUT2D eigenvalue weighted by molar-refractivity contribution is 0.473. The van der Waals surface area contributed by atoms with Gasteiger partial charge in [-0.05, 0) is 30.8 Å². The molecule has 3 nitrogen and oxygen atoms in total. The highest BCUT2D eigenvalue weighted by Crippen LogP contribution is 2.24. The van der Waals surface area contributed by atoms with Crippen LogP contribution in [-0.2, 0) is 0 Å². The van der Waals surface area contributed by atoms with Crippen LogP contribution in [0.2, 0.25) is 0 Å². The van der Waals surface area contributed by atoms with E-state index in [1.54, 1.807) is 0 Å². The summed E-state index contributed by atoms with van der Waals surface area (Å²) in [6.45, 7) is 7.28. The number of aryl methyl sites for hydroxylation is 1. The average molecular weight is 251 g/mol. The van der Waals surface area contributed by atoms with E-state index in [0.29, 0.717) is 11.5 Å². The van der Waals surface area contributed by atoms with Gasteiger partial charge in [-0.15, -0.1) is 0 Å². The molecule has 1 heterocycles. The number of nitrogens with one attached hydrogen (secondary N) is 1. The molecule has 0 fully saturated rings. The van der Waals surface area contributed by atoms with Crippen molar-refractivity contribution in [1.29, 1.82) is 5.26 Å². The molecule has 0 amide bonds. The Morgan fingerprint density at radius 1 is 1.47 bits per heavy atom. The van der Waals surface area contributed by atoms with Crippen molar-refractivity contribution in [2.45, 2.75) is 46.5 Å². The molecular weight excluding hydrogens is 230 g/mol. The van der Waals surface area contributed by atoms with Gasteiger partial charge in [0.05, 0.1) is 5.69 Å². The van der Waals surface area contributed by atoms with E-state index < -0.39 is 0 Å². The molecule has 1 aromatic rings. The van der Waals surface area contributed by atoms with Crippen LogP contribution in [0.5, 0.6) is 0 Å². The van der Waals surface area contributed by atoms with Gasteiger partial charge >= 0.3 is 0 Å². The SMILES string of the molecule is CCCCC(CC)CNc1snc(C)c1C#N. The Kier molecular flexibility index (Phi) is 5.99. The minimum atomic E-state index is 0.698. The third-order valence-electron chi connectivity index (χ3n) is 3.07. The molecule has 1 rings (SSSR count). The number of rotatable bonds is 7. The van der Waals surface area contributed by atoms with E-state index in [4.69, 9.17) is 5.26 Å². The molecule has 0 saturated heterocycles. The molecule has 0 aliphatic heterocycles. The summed E-state index contributed by atoms with van der Waals surface area (Å²) in [5.74, 6) is 0.698. The van der Waals surface area contributed by atoms with Crippen molar-refractivity contribution in [1.82, 2.24) is 4.37 Å². The topological polar surface area (TPSA) is 48.7 Å². The van der Waals surface area contributed by atoms with Crippen molar-refractivity contribution in [3.05, 3.63) is 11.3 Å². The zero-order valence-corrected chi connectivity index (χ0v) is 11.7. The summed E-state index contributed by atoms with van der Waals surface area (Å²) in [6.07, 6.45) is 4.99. The number of hydrogen-bond acceptors (Lipinski definition) is 4. The van der Waals surface area contributed by atoms with Crippen molar-refractivity contribution >= 4 is 16.5 Å². The van der Waals surface area contributed by atoms with E-state index in [1.807, 2.05) is 6.92 Å². The van der Waals surface area contributed by atoms with Crippen molar-refractivity contribution in [2.24, 2.45) is 5.92 Å². The monoisotopic (exact) mass is 251 g/mol. The lowest BCUT2D eigenvalue weighted by Crippen LogP contribution is -2.13. The first-order chi connectivity index (χ1) is 8.22. The molecule has 1 atom stereocenters. The first kappa shape index (κ1) is 14.0. The highest BCUT2D eigenvalue weighted by Gasteiger charge is 2.11. The predicted octanol–water partition coefficient (Wildman–Crippen LogP) is 3.95. The Labute approximate surface area is 108 Å². The molecule has 0 saturated carbocycles. The Morgan fingerprint density at radius 3 is 2.82 bits per heavy atom. The van der Waals surface area contributed by atoms with Crippen LogP contribution in [0.1, 0.15) is 50.8 Å². The van der Waals surface area contributed by atoms with Crippen molar-refractivity contribution in [3.63, 3.8) is 0 Å². The van der Waals surface area contributed by atoms with Crippen molar-refractivity contribution < 1.29 is 0 Å². The first-order valence-electron chi connectivity index (χ1n) is 6.33. The summed E-state index contributed by atoms with van der Waals surface area (Å²) in [5.41, 5.74) is 1.54. The fourth-order valence-electron chi connectivity index (χ4n) is 1.80. The van der Waals surface area contributed by atoms with Gasteiger partial charge in [0.1, 0.15) is 16.6 Å². The van der Waals surface area contributed by atoms with Gasteiger partial charge < -0.3 is 5.32 Å². The zero-order valence-electron chi connectivity index (χ0n) is 10.9. The summed E-state index contributed by atoms with van der Waals surface area (Å²) < 4.78 is 4.21. The lowest BCUT2D eigenvalue weighted by Gasteiger charge is -2.15. The molecule has 0 aliphatic rings. The number of aromatic nitrogens is 1. The molecule has 1 N–H and O–H groups in total. The van der Waals surface area contributed by atoms with Crippen molar-refractivity contribution in [3.8, 4) is 6.07 Å². The van der Waals surface area contributed by atoms with E-state index in [1.165, 1.54) is 37.2 Å². The second kappa shape index (κ2) is 7.29. The first-order valence-corrected chi connectivity index (χ1v) is 7.10. The van der Waals surface area contributed by atoms with E-state index in [9.17, 15) is 0 Å². The molecule has 0 spiro atoms. The maximum absolute atomic E-state index is 9.03. The van der Waals surface area contributed by atoms with Gasteiger partial charge in [-0.3, -0.25) is 0 Å². The molecule has 0 radical (unpaired) electrons. The Balaban J connectivity index is 2.51. The predicted molar refractivity (Wildman–Crippen MR) is 73.4 cm³/mol. The molecule has 1 aromatic heterocycles. The summed E-state index contributed by atoms with van der Waals surface area (Å²) in [5, 5.41) is 13.3. The second-order valence-corrected chi connectivity index (χ2v) is 5.15. The van der Waals surface area contributed by atoms with Gasteiger partial charge in [-0.1, -0.05) is 33.1 Å². The highest BCUT2D eigenvalue weighted by molar-refractivity contribution is 7.10. The summed E-state index contributed by atoms with van der Waals surface area (Å²) in [7, 11) is 0. The third-order valence-corrected chi connectivity index (χ3v) is 3.97. The Morgan fingerprint density at radius 2 is 2.24 bits per heavy atom. The number of nitriles is 1. The Hall–Kier alpha value is -1.08. The maximum Gasteiger partial charge on any atom is 0.127 e. The zero-order chi connectivity index (χ0) is 12.7. The largest absolute Gasteiger partial charge is 0.374 e. The van der Waals surface area contributed by atoms with Crippen LogP contribution in [0.3, 0.4) is 0 Å². The standard InChI is InChI=1S/C13H21N3S/c1-4-6-7-11(5-2)9-15-13-12(8-14)10(3)16-17-13/h11,15H,4-7,9H2,1-3H3. The van der Waals surface area contributed by atoms with Gasteiger partial charge in [-0.2, -0.15) is 9.64 Å². The third kappa shape index (κ3) is 4.01. The molecular formula is C13H21N3S. The fraction of sp³-hybridized carbons (Fsp3) is 0.692. The maximum atomic E-state index is 9.03. The molecule has 17 heavy (non-hydrogen) atoms. The van der Waals surface area contributed by atoms with E-state index in [2.05, 4.69) is 29.6 Å². The fourth-order valence-corrected chi connectivity index (χ4v) is 2.55. The van der Waals surface area contributed by atoms with Crippen molar-refractivity contribution in [2.75, 3.05) is 11.9 Å². The molecule has 0 bridgehead atoms. The van der Waals surface area contributed by atoms with Crippen LogP contribution in [-0.4, -0.2) is 10.9 Å². The quantitative estimate of drug-likeness (QED) is 0.798. The molecule has 0 aromatic carbocycles.